The number of imidazole rings is 1. The van der Waals surface area contributed by atoms with Crippen molar-refractivity contribution >= 4 is 17.0 Å². The van der Waals surface area contributed by atoms with Crippen LogP contribution in [0.4, 0.5) is 5.82 Å². The maximum atomic E-state index is 5.75. The minimum absolute atomic E-state index is 0.112. The molecule has 0 aromatic carbocycles. The minimum Gasteiger partial charge on any atom is -0.382 e. The Balaban J connectivity index is 1.70. The van der Waals surface area contributed by atoms with Crippen molar-refractivity contribution in [1.29, 1.82) is 0 Å². The molecule has 0 saturated heterocycles. The number of nitrogens with two attached hydrogens (primary N) is 1. The summed E-state index contributed by atoms with van der Waals surface area (Å²) in [5.74, 6) is 0.411. The van der Waals surface area contributed by atoms with Crippen LogP contribution in [0.1, 0.15) is 27.2 Å². The zero-order valence-electron chi connectivity index (χ0n) is 12.9. The highest BCUT2D eigenvalue weighted by Gasteiger charge is 2.09. The van der Waals surface area contributed by atoms with Gasteiger partial charge in [0.25, 0.3) is 0 Å². The van der Waals surface area contributed by atoms with E-state index in [-0.39, 0.29) is 5.60 Å². The van der Waals surface area contributed by atoms with Crippen LogP contribution in [-0.2, 0) is 16.0 Å². The SMILES string of the molecule is CC(C)(C)OCCOCCCn1cnc2c(N)ncnc21. The van der Waals surface area contributed by atoms with Crippen molar-refractivity contribution in [2.75, 3.05) is 25.6 Å². The summed E-state index contributed by atoms with van der Waals surface area (Å²) in [6.45, 7) is 8.78. The fourth-order valence-corrected chi connectivity index (χ4v) is 1.91. The Morgan fingerprint density at radius 2 is 1.95 bits per heavy atom. The Kier molecular flexibility index (Phi) is 5.08. The first-order valence-corrected chi connectivity index (χ1v) is 7.10. The summed E-state index contributed by atoms with van der Waals surface area (Å²) in [4.78, 5) is 12.4. The van der Waals surface area contributed by atoms with Gasteiger partial charge in [-0.25, -0.2) is 15.0 Å². The number of ether oxygens (including phenoxy) is 2. The first-order valence-electron chi connectivity index (χ1n) is 7.10. The highest BCUT2D eigenvalue weighted by atomic mass is 16.5. The topological polar surface area (TPSA) is 88.1 Å². The number of aromatic nitrogens is 4. The van der Waals surface area contributed by atoms with Crippen molar-refractivity contribution in [3.8, 4) is 0 Å². The van der Waals surface area contributed by atoms with E-state index in [1.165, 1.54) is 6.33 Å². The van der Waals surface area contributed by atoms with Gasteiger partial charge in [0.15, 0.2) is 11.5 Å². The summed E-state index contributed by atoms with van der Waals surface area (Å²) in [5, 5.41) is 0. The smallest absolute Gasteiger partial charge is 0.165 e. The molecule has 2 aromatic heterocycles. The normalized spacial score (nSPS) is 12.1. The fraction of sp³-hybridized carbons (Fsp3) is 0.643. The van der Waals surface area contributed by atoms with Crippen molar-refractivity contribution in [2.45, 2.75) is 39.3 Å². The van der Waals surface area contributed by atoms with Crippen molar-refractivity contribution < 1.29 is 9.47 Å². The molecule has 0 radical (unpaired) electrons. The van der Waals surface area contributed by atoms with Crippen LogP contribution >= 0.6 is 0 Å². The molecular weight excluding hydrogens is 270 g/mol. The summed E-state index contributed by atoms with van der Waals surface area (Å²) in [6.07, 6.45) is 4.07. The number of nitrogen functional groups attached to an aromatic ring is 1. The Hall–Kier alpha value is -1.73. The monoisotopic (exact) mass is 293 g/mol. The summed E-state index contributed by atoms with van der Waals surface area (Å²) in [7, 11) is 0. The van der Waals surface area contributed by atoms with Gasteiger partial charge in [-0.15, -0.1) is 0 Å². The van der Waals surface area contributed by atoms with E-state index in [4.69, 9.17) is 15.2 Å². The van der Waals surface area contributed by atoms with Gasteiger partial charge in [-0.3, -0.25) is 0 Å². The lowest BCUT2D eigenvalue weighted by atomic mass is 10.2. The minimum atomic E-state index is -0.112. The summed E-state index contributed by atoms with van der Waals surface area (Å²) >= 11 is 0. The van der Waals surface area contributed by atoms with Crippen LogP contribution in [0.2, 0.25) is 0 Å². The van der Waals surface area contributed by atoms with Crippen LogP contribution in [0.3, 0.4) is 0 Å². The molecule has 2 heterocycles. The Labute approximate surface area is 124 Å². The lowest BCUT2D eigenvalue weighted by Gasteiger charge is -2.19. The fourth-order valence-electron chi connectivity index (χ4n) is 1.91. The first-order chi connectivity index (χ1) is 9.97. The van der Waals surface area contributed by atoms with Crippen molar-refractivity contribution in [3.63, 3.8) is 0 Å². The predicted octanol–water partition coefficient (Wildman–Crippen LogP) is 1.63. The maximum Gasteiger partial charge on any atom is 0.165 e. The third kappa shape index (κ3) is 4.64. The second-order valence-electron chi connectivity index (χ2n) is 5.80. The second-order valence-corrected chi connectivity index (χ2v) is 5.80. The predicted molar refractivity (Wildman–Crippen MR) is 80.9 cm³/mol. The van der Waals surface area contributed by atoms with Crippen molar-refractivity contribution in [1.82, 2.24) is 19.5 Å². The summed E-state index contributed by atoms with van der Waals surface area (Å²) in [5.41, 5.74) is 7.05. The lowest BCUT2D eigenvalue weighted by molar-refractivity contribution is -0.0352. The Morgan fingerprint density at radius 1 is 1.14 bits per heavy atom. The third-order valence-corrected chi connectivity index (χ3v) is 2.88. The van der Waals surface area contributed by atoms with Gasteiger partial charge in [-0.05, 0) is 27.2 Å². The van der Waals surface area contributed by atoms with Gasteiger partial charge in [0.2, 0.25) is 0 Å². The van der Waals surface area contributed by atoms with Gasteiger partial charge in [-0.1, -0.05) is 0 Å². The second kappa shape index (κ2) is 6.82. The van der Waals surface area contributed by atoms with Crippen LogP contribution in [0.25, 0.3) is 11.2 Å². The molecule has 0 bridgehead atoms. The van der Waals surface area contributed by atoms with Crippen LogP contribution in [0.15, 0.2) is 12.7 Å². The van der Waals surface area contributed by atoms with Gasteiger partial charge in [0.05, 0.1) is 25.1 Å². The van der Waals surface area contributed by atoms with E-state index in [2.05, 4.69) is 15.0 Å². The van der Waals surface area contributed by atoms with Crippen LogP contribution in [0.5, 0.6) is 0 Å². The number of anilines is 1. The molecule has 0 saturated carbocycles. The Bertz CT molecular complexity index is 576. The standard InChI is InChI=1S/C14H23N5O2/c1-14(2,3)21-8-7-20-6-4-5-19-10-18-11-12(15)16-9-17-13(11)19/h9-10H,4-8H2,1-3H3,(H2,15,16,17). The van der Waals surface area contributed by atoms with E-state index < -0.39 is 0 Å². The average Bonchev–Trinajstić information content (AvgIpc) is 2.81. The first kappa shape index (κ1) is 15.7. The maximum absolute atomic E-state index is 5.75. The van der Waals surface area contributed by atoms with E-state index in [0.717, 1.165) is 18.6 Å². The number of hydrogen-bond acceptors (Lipinski definition) is 6. The molecule has 0 fully saturated rings. The number of aryl methyl sites for hydroxylation is 1. The van der Waals surface area contributed by atoms with Crippen molar-refractivity contribution in [3.05, 3.63) is 12.7 Å². The molecule has 0 aliphatic rings. The van der Waals surface area contributed by atoms with Crippen LogP contribution < -0.4 is 5.73 Å². The number of fused-ring (bicyclic) bond motifs is 1. The molecule has 2 N–H and O–H groups in total. The molecular formula is C14H23N5O2. The number of rotatable bonds is 7. The number of hydrogen-bond donors (Lipinski definition) is 1. The molecule has 0 spiro atoms. The summed E-state index contributed by atoms with van der Waals surface area (Å²) in [6, 6.07) is 0. The van der Waals surface area contributed by atoms with Crippen LogP contribution in [0, 0.1) is 0 Å². The third-order valence-electron chi connectivity index (χ3n) is 2.88. The zero-order chi connectivity index (χ0) is 15.3. The van der Waals surface area contributed by atoms with E-state index in [0.29, 0.717) is 31.2 Å². The van der Waals surface area contributed by atoms with Gasteiger partial charge >= 0.3 is 0 Å². The molecule has 116 valence electrons. The number of nitrogens with zero attached hydrogens (tertiary/aromatic N) is 4. The van der Waals surface area contributed by atoms with Gasteiger partial charge in [0, 0.05) is 13.2 Å². The highest BCUT2D eigenvalue weighted by Crippen LogP contribution is 2.14. The van der Waals surface area contributed by atoms with Crippen molar-refractivity contribution in [2.24, 2.45) is 0 Å². The molecule has 2 rings (SSSR count). The molecule has 2 aromatic rings. The lowest BCUT2D eigenvalue weighted by Crippen LogP contribution is -2.22. The van der Waals surface area contributed by atoms with Gasteiger partial charge < -0.3 is 19.8 Å². The highest BCUT2D eigenvalue weighted by molar-refractivity contribution is 5.80. The average molecular weight is 293 g/mol. The molecule has 7 heteroatoms. The van der Waals surface area contributed by atoms with E-state index in [1.54, 1.807) is 6.33 Å². The quantitative estimate of drug-likeness (QED) is 0.781. The molecule has 0 aliphatic heterocycles. The van der Waals surface area contributed by atoms with E-state index in [1.807, 2.05) is 25.3 Å². The summed E-state index contributed by atoms with van der Waals surface area (Å²) < 4.78 is 13.1. The largest absolute Gasteiger partial charge is 0.382 e. The molecule has 0 amide bonds. The van der Waals surface area contributed by atoms with Gasteiger partial charge in [0.1, 0.15) is 11.8 Å². The Morgan fingerprint density at radius 3 is 2.71 bits per heavy atom. The van der Waals surface area contributed by atoms with Gasteiger partial charge in [-0.2, -0.15) is 0 Å². The molecule has 7 nitrogen and oxygen atoms in total. The molecule has 21 heavy (non-hydrogen) atoms. The van der Waals surface area contributed by atoms with Crippen LogP contribution in [-0.4, -0.2) is 44.9 Å². The molecule has 0 aliphatic carbocycles. The van der Waals surface area contributed by atoms with E-state index in [9.17, 15) is 0 Å². The van der Waals surface area contributed by atoms with E-state index >= 15 is 0 Å². The molecule has 0 unspecified atom stereocenters. The zero-order valence-corrected chi connectivity index (χ0v) is 12.9. The molecule has 0 atom stereocenters.